The van der Waals surface area contributed by atoms with E-state index in [4.69, 9.17) is 16.2 Å². The van der Waals surface area contributed by atoms with Crippen molar-refractivity contribution in [1.29, 1.82) is 0 Å². The van der Waals surface area contributed by atoms with E-state index in [9.17, 15) is 4.79 Å². The Balaban J connectivity index is 2.25. The highest BCUT2D eigenvalue weighted by Crippen LogP contribution is 2.27. The molecule has 1 fully saturated rings. The van der Waals surface area contributed by atoms with Crippen LogP contribution in [-0.4, -0.2) is 24.7 Å². The number of rotatable bonds is 3. The first kappa shape index (κ1) is 12.7. The number of hydrogen-bond donors (Lipinski definition) is 3. The summed E-state index contributed by atoms with van der Waals surface area (Å²) in [7, 11) is 0. The molecule has 0 aromatic heterocycles. The van der Waals surface area contributed by atoms with Crippen molar-refractivity contribution in [1.82, 2.24) is 0 Å². The molecule has 1 saturated heterocycles. The minimum absolute atomic E-state index is 0.168. The maximum absolute atomic E-state index is 11.4. The highest BCUT2D eigenvalue weighted by atomic mass is 16.5. The van der Waals surface area contributed by atoms with Gasteiger partial charge in [-0.25, -0.2) is 0 Å². The summed E-state index contributed by atoms with van der Waals surface area (Å²) in [4.78, 5) is 11.4. The number of hydrogen-bond acceptors (Lipinski definition) is 4. The van der Waals surface area contributed by atoms with Gasteiger partial charge in [-0.05, 0) is 38.0 Å². The number of carbonyl (C=O) groups excluding carboxylic acids is 1. The fourth-order valence-corrected chi connectivity index (χ4v) is 2.23. The van der Waals surface area contributed by atoms with Gasteiger partial charge in [0.1, 0.15) is 0 Å². The second-order valence-electron chi connectivity index (χ2n) is 5.01. The normalized spacial score (nSPS) is 23.6. The predicted octanol–water partition coefficient (Wildman–Crippen LogP) is 1.35. The Morgan fingerprint density at radius 3 is 2.89 bits per heavy atom. The summed E-state index contributed by atoms with van der Waals surface area (Å²) in [6.07, 6.45) is 2.00. The van der Waals surface area contributed by atoms with Gasteiger partial charge in [0.2, 0.25) is 0 Å². The van der Waals surface area contributed by atoms with Crippen molar-refractivity contribution in [3.63, 3.8) is 0 Å². The molecule has 5 heteroatoms. The number of primary amides is 1. The van der Waals surface area contributed by atoms with E-state index in [1.54, 1.807) is 18.2 Å². The maximum atomic E-state index is 11.4. The molecule has 0 spiro atoms. The SMILES string of the molecule is CC1(Nc2ccc(N)cc2C(N)=O)CCCOC1. The predicted molar refractivity (Wildman–Crippen MR) is 71.5 cm³/mol. The molecule has 2 rings (SSSR count). The largest absolute Gasteiger partial charge is 0.399 e. The Morgan fingerprint density at radius 2 is 2.28 bits per heavy atom. The molecule has 1 aromatic rings. The van der Waals surface area contributed by atoms with Crippen molar-refractivity contribution < 1.29 is 9.53 Å². The molecule has 5 nitrogen and oxygen atoms in total. The van der Waals surface area contributed by atoms with Gasteiger partial charge in [0.15, 0.2) is 0 Å². The van der Waals surface area contributed by atoms with Crippen molar-refractivity contribution in [2.45, 2.75) is 25.3 Å². The fraction of sp³-hybridized carbons (Fsp3) is 0.462. The Bertz CT molecular complexity index is 454. The molecule has 1 aliphatic rings. The van der Waals surface area contributed by atoms with E-state index in [0.717, 1.165) is 19.4 Å². The number of anilines is 2. The monoisotopic (exact) mass is 249 g/mol. The number of nitrogens with two attached hydrogens (primary N) is 2. The van der Waals surface area contributed by atoms with Crippen LogP contribution in [0, 0.1) is 0 Å². The Kier molecular flexibility index (Phi) is 3.43. The number of nitrogen functional groups attached to an aromatic ring is 1. The van der Waals surface area contributed by atoms with Gasteiger partial charge in [-0.1, -0.05) is 0 Å². The van der Waals surface area contributed by atoms with E-state index in [2.05, 4.69) is 12.2 Å². The summed E-state index contributed by atoms with van der Waals surface area (Å²) in [5.74, 6) is -0.481. The van der Waals surface area contributed by atoms with Gasteiger partial charge in [0.25, 0.3) is 5.91 Å². The first-order chi connectivity index (χ1) is 8.50. The maximum Gasteiger partial charge on any atom is 0.250 e. The average molecular weight is 249 g/mol. The minimum Gasteiger partial charge on any atom is -0.399 e. The molecule has 1 aliphatic heterocycles. The third kappa shape index (κ3) is 2.73. The molecule has 98 valence electrons. The van der Waals surface area contributed by atoms with Gasteiger partial charge in [-0.3, -0.25) is 4.79 Å². The zero-order valence-corrected chi connectivity index (χ0v) is 10.5. The van der Waals surface area contributed by atoms with E-state index in [-0.39, 0.29) is 5.54 Å². The molecule has 0 aliphatic carbocycles. The first-order valence-corrected chi connectivity index (χ1v) is 6.05. The zero-order chi connectivity index (χ0) is 13.2. The van der Waals surface area contributed by atoms with Crippen molar-refractivity contribution in [3.05, 3.63) is 23.8 Å². The van der Waals surface area contributed by atoms with E-state index >= 15 is 0 Å². The summed E-state index contributed by atoms with van der Waals surface area (Å²) >= 11 is 0. The number of carbonyl (C=O) groups is 1. The molecule has 0 saturated carbocycles. The molecule has 1 unspecified atom stereocenters. The van der Waals surface area contributed by atoms with Crippen LogP contribution in [0.3, 0.4) is 0 Å². The van der Waals surface area contributed by atoms with Crippen molar-refractivity contribution >= 4 is 17.3 Å². The van der Waals surface area contributed by atoms with E-state index in [1.807, 2.05) is 0 Å². The van der Waals surface area contributed by atoms with Crippen molar-refractivity contribution in [2.75, 3.05) is 24.3 Å². The molecule has 1 amide bonds. The first-order valence-electron chi connectivity index (χ1n) is 6.05. The second kappa shape index (κ2) is 4.86. The number of ether oxygens (including phenoxy) is 1. The number of nitrogens with one attached hydrogen (secondary N) is 1. The molecule has 18 heavy (non-hydrogen) atoms. The van der Waals surface area contributed by atoms with E-state index in [1.165, 1.54) is 0 Å². The standard InChI is InChI=1S/C13H19N3O2/c1-13(5-2-6-18-8-13)16-11-4-3-9(14)7-10(11)12(15)17/h3-4,7,16H,2,5-6,8,14H2,1H3,(H2,15,17). The fourth-order valence-electron chi connectivity index (χ4n) is 2.23. The second-order valence-corrected chi connectivity index (χ2v) is 5.01. The van der Waals surface area contributed by atoms with E-state index < -0.39 is 5.91 Å². The van der Waals surface area contributed by atoms with Gasteiger partial charge < -0.3 is 21.5 Å². The summed E-state index contributed by atoms with van der Waals surface area (Å²) < 4.78 is 5.48. The third-order valence-corrected chi connectivity index (χ3v) is 3.18. The lowest BCUT2D eigenvalue weighted by Crippen LogP contribution is -2.43. The number of benzene rings is 1. The quantitative estimate of drug-likeness (QED) is 0.705. The van der Waals surface area contributed by atoms with Crippen LogP contribution in [0.2, 0.25) is 0 Å². The smallest absolute Gasteiger partial charge is 0.250 e. The van der Waals surface area contributed by atoms with Crippen LogP contribution in [-0.2, 0) is 4.74 Å². The van der Waals surface area contributed by atoms with Crippen LogP contribution in [0.25, 0.3) is 0 Å². The van der Waals surface area contributed by atoms with Gasteiger partial charge in [-0.15, -0.1) is 0 Å². The summed E-state index contributed by atoms with van der Waals surface area (Å²) in [5.41, 5.74) is 12.5. The molecular formula is C13H19N3O2. The van der Waals surface area contributed by atoms with Crippen LogP contribution in [0.5, 0.6) is 0 Å². The molecule has 1 heterocycles. The van der Waals surface area contributed by atoms with Crippen molar-refractivity contribution in [3.8, 4) is 0 Å². The molecule has 0 radical (unpaired) electrons. The average Bonchev–Trinajstić information content (AvgIpc) is 2.32. The minimum atomic E-state index is -0.481. The summed E-state index contributed by atoms with van der Waals surface area (Å²) in [6.45, 7) is 3.49. The Labute approximate surface area is 106 Å². The molecule has 1 atom stereocenters. The van der Waals surface area contributed by atoms with Gasteiger partial charge in [0, 0.05) is 18.0 Å². The van der Waals surface area contributed by atoms with Crippen LogP contribution in [0.1, 0.15) is 30.1 Å². The van der Waals surface area contributed by atoms with Gasteiger partial charge >= 0.3 is 0 Å². The highest BCUT2D eigenvalue weighted by Gasteiger charge is 2.28. The lowest BCUT2D eigenvalue weighted by molar-refractivity contribution is 0.0540. The van der Waals surface area contributed by atoms with Crippen LogP contribution < -0.4 is 16.8 Å². The van der Waals surface area contributed by atoms with Crippen LogP contribution in [0.15, 0.2) is 18.2 Å². The van der Waals surface area contributed by atoms with Gasteiger partial charge in [0.05, 0.1) is 17.7 Å². The third-order valence-electron chi connectivity index (χ3n) is 3.18. The van der Waals surface area contributed by atoms with E-state index in [0.29, 0.717) is 23.5 Å². The summed E-state index contributed by atoms with van der Waals surface area (Å²) in [5, 5.41) is 3.35. The molecule has 0 bridgehead atoms. The molecule has 5 N–H and O–H groups in total. The Hall–Kier alpha value is -1.75. The molecule has 1 aromatic carbocycles. The van der Waals surface area contributed by atoms with Crippen LogP contribution in [0.4, 0.5) is 11.4 Å². The van der Waals surface area contributed by atoms with Crippen LogP contribution >= 0.6 is 0 Å². The lowest BCUT2D eigenvalue weighted by Gasteiger charge is -2.35. The van der Waals surface area contributed by atoms with Gasteiger partial charge in [-0.2, -0.15) is 0 Å². The zero-order valence-electron chi connectivity index (χ0n) is 10.5. The number of amides is 1. The highest BCUT2D eigenvalue weighted by molar-refractivity contribution is 5.99. The lowest BCUT2D eigenvalue weighted by atomic mass is 9.94. The topological polar surface area (TPSA) is 90.4 Å². The summed E-state index contributed by atoms with van der Waals surface area (Å²) in [6, 6.07) is 5.13. The van der Waals surface area contributed by atoms with Crippen molar-refractivity contribution in [2.24, 2.45) is 5.73 Å². The Morgan fingerprint density at radius 1 is 1.50 bits per heavy atom. The molecular weight excluding hydrogens is 230 g/mol.